The highest BCUT2D eigenvalue weighted by Gasteiger charge is 2.24. The van der Waals surface area contributed by atoms with Gasteiger partial charge in [0.25, 0.3) is 0 Å². The van der Waals surface area contributed by atoms with Crippen molar-refractivity contribution < 1.29 is 4.42 Å². The van der Waals surface area contributed by atoms with Crippen LogP contribution in [0.2, 0.25) is 0 Å². The zero-order chi connectivity index (χ0) is 13.9. The van der Waals surface area contributed by atoms with E-state index >= 15 is 0 Å². The molecule has 1 aromatic carbocycles. The Balaban J connectivity index is 1.77. The maximum absolute atomic E-state index is 6.00. The first-order valence-electron chi connectivity index (χ1n) is 7.66. The molecule has 1 heterocycles. The Morgan fingerprint density at radius 2 is 2.05 bits per heavy atom. The highest BCUT2D eigenvalue weighted by atomic mass is 16.3. The van der Waals surface area contributed by atoms with Gasteiger partial charge in [0.2, 0.25) is 0 Å². The summed E-state index contributed by atoms with van der Waals surface area (Å²) in [7, 11) is 2.17. The van der Waals surface area contributed by atoms with Crippen molar-refractivity contribution in [1.82, 2.24) is 4.90 Å². The molecule has 0 spiro atoms. The van der Waals surface area contributed by atoms with Crippen molar-refractivity contribution in [3.8, 4) is 0 Å². The largest absolute Gasteiger partial charge is 0.459 e. The van der Waals surface area contributed by atoms with Crippen molar-refractivity contribution in [1.29, 1.82) is 0 Å². The summed E-state index contributed by atoms with van der Waals surface area (Å²) in [6.45, 7) is 1.72. The molecule has 0 bridgehead atoms. The summed E-state index contributed by atoms with van der Waals surface area (Å²) in [5, 5.41) is 1.16. The van der Waals surface area contributed by atoms with Gasteiger partial charge in [0.05, 0.1) is 6.04 Å². The lowest BCUT2D eigenvalue weighted by Crippen LogP contribution is -2.33. The topological polar surface area (TPSA) is 42.4 Å². The van der Waals surface area contributed by atoms with Crippen LogP contribution in [0.5, 0.6) is 0 Å². The second-order valence-electron chi connectivity index (χ2n) is 6.03. The van der Waals surface area contributed by atoms with E-state index in [0.29, 0.717) is 6.54 Å². The van der Waals surface area contributed by atoms with E-state index in [9.17, 15) is 0 Å². The van der Waals surface area contributed by atoms with Gasteiger partial charge in [-0.05, 0) is 37.9 Å². The van der Waals surface area contributed by atoms with E-state index in [-0.39, 0.29) is 6.04 Å². The molecule has 3 rings (SSSR count). The van der Waals surface area contributed by atoms with E-state index in [1.165, 1.54) is 25.7 Å². The lowest BCUT2D eigenvalue weighted by atomic mass is 10.1. The van der Waals surface area contributed by atoms with Gasteiger partial charge in [-0.3, -0.25) is 4.90 Å². The molecule has 1 aliphatic carbocycles. The van der Waals surface area contributed by atoms with Crippen LogP contribution in [-0.2, 0) is 0 Å². The standard InChI is InChI=1S/C17H24N2O/c1-19(12-13-6-2-3-7-13)15(11-18)17-10-14-8-4-5-9-16(14)20-17/h4-5,8-10,13,15H,2-3,6-7,11-12,18H2,1H3. The predicted octanol–water partition coefficient (Wildman–Crippen LogP) is 3.55. The average Bonchev–Trinajstić information content (AvgIpc) is 3.08. The number of para-hydroxylation sites is 1. The molecule has 108 valence electrons. The van der Waals surface area contributed by atoms with Crippen molar-refractivity contribution >= 4 is 11.0 Å². The van der Waals surface area contributed by atoms with Gasteiger partial charge in [-0.25, -0.2) is 0 Å². The van der Waals surface area contributed by atoms with Crippen molar-refractivity contribution in [3.63, 3.8) is 0 Å². The van der Waals surface area contributed by atoms with Crippen LogP contribution in [-0.4, -0.2) is 25.0 Å². The fourth-order valence-electron chi connectivity index (χ4n) is 3.41. The van der Waals surface area contributed by atoms with Crippen LogP contribution in [0.3, 0.4) is 0 Å². The molecular weight excluding hydrogens is 248 g/mol. The number of nitrogens with zero attached hydrogens (tertiary/aromatic N) is 1. The molecule has 1 aromatic heterocycles. The molecule has 0 amide bonds. The molecule has 0 radical (unpaired) electrons. The van der Waals surface area contributed by atoms with Crippen LogP contribution in [0.1, 0.15) is 37.5 Å². The first-order valence-corrected chi connectivity index (χ1v) is 7.66. The molecule has 0 saturated heterocycles. The monoisotopic (exact) mass is 272 g/mol. The number of furan rings is 1. The summed E-state index contributed by atoms with van der Waals surface area (Å²) >= 11 is 0. The molecule has 3 heteroatoms. The van der Waals surface area contributed by atoms with Gasteiger partial charge >= 0.3 is 0 Å². The molecule has 2 N–H and O–H groups in total. The number of benzene rings is 1. The quantitative estimate of drug-likeness (QED) is 0.905. The van der Waals surface area contributed by atoms with Crippen molar-refractivity contribution in [2.45, 2.75) is 31.7 Å². The number of hydrogen-bond donors (Lipinski definition) is 1. The van der Waals surface area contributed by atoms with E-state index in [2.05, 4.69) is 24.1 Å². The summed E-state index contributed by atoms with van der Waals surface area (Å²) in [6.07, 6.45) is 5.50. The molecule has 3 nitrogen and oxygen atoms in total. The molecular formula is C17H24N2O. The third-order valence-electron chi connectivity index (χ3n) is 4.55. The van der Waals surface area contributed by atoms with Crippen LogP contribution in [0.4, 0.5) is 0 Å². The summed E-state index contributed by atoms with van der Waals surface area (Å²) < 4.78 is 5.99. The molecule has 1 saturated carbocycles. The maximum Gasteiger partial charge on any atom is 0.134 e. The summed E-state index contributed by atoms with van der Waals surface area (Å²) in [5.74, 6) is 1.83. The smallest absolute Gasteiger partial charge is 0.134 e. The Kier molecular flexibility index (Phi) is 4.08. The van der Waals surface area contributed by atoms with Gasteiger partial charge in [-0.2, -0.15) is 0 Å². The zero-order valence-corrected chi connectivity index (χ0v) is 12.2. The summed E-state index contributed by atoms with van der Waals surface area (Å²) in [4.78, 5) is 2.37. The summed E-state index contributed by atoms with van der Waals surface area (Å²) in [6, 6.07) is 10.5. The van der Waals surface area contributed by atoms with Crippen LogP contribution in [0, 0.1) is 5.92 Å². The highest BCUT2D eigenvalue weighted by molar-refractivity contribution is 5.77. The van der Waals surface area contributed by atoms with Gasteiger partial charge in [0.15, 0.2) is 0 Å². The van der Waals surface area contributed by atoms with E-state index in [1.807, 2.05) is 18.2 Å². The van der Waals surface area contributed by atoms with Gasteiger partial charge in [-0.15, -0.1) is 0 Å². The Morgan fingerprint density at radius 3 is 2.75 bits per heavy atom. The molecule has 0 aliphatic heterocycles. The number of nitrogens with two attached hydrogens (primary N) is 1. The third-order valence-corrected chi connectivity index (χ3v) is 4.55. The Labute approximate surface area is 120 Å². The number of hydrogen-bond acceptors (Lipinski definition) is 3. The van der Waals surface area contributed by atoms with Crippen molar-refractivity contribution in [3.05, 3.63) is 36.1 Å². The molecule has 1 aliphatic rings. The number of fused-ring (bicyclic) bond motifs is 1. The van der Waals surface area contributed by atoms with Gasteiger partial charge < -0.3 is 10.2 Å². The lowest BCUT2D eigenvalue weighted by molar-refractivity contribution is 0.192. The second-order valence-corrected chi connectivity index (χ2v) is 6.03. The Hall–Kier alpha value is -1.32. The molecule has 20 heavy (non-hydrogen) atoms. The third kappa shape index (κ3) is 2.74. The van der Waals surface area contributed by atoms with Crippen LogP contribution >= 0.6 is 0 Å². The SMILES string of the molecule is CN(CC1CCCC1)C(CN)c1cc2ccccc2o1. The Bertz CT molecular complexity index is 524. The van der Waals surface area contributed by atoms with Gasteiger partial charge in [0.1, 0.15) is 11.3 Å². The van der Waals surface area contributed by atoms with Crippen LogP contribution < -0.4 is 5.73 Å². The van der Waals surface area contributed by atoms with Crippen LogP contribution in [0.15, 0.2) is 34.7 Å². The molecule has 2 aromatic rings. The van der Waals surface area contributed by atoms with Gasteiger partial charge in [0, 0.05) is 18.5 Å². The zero-order valence-electron chi connectivity index (χ0n) is 12.2. The minimum Gasteiger partial charge on any atom is -0.459 e. The van der Waals surface area contributed by atoms with E-state index in [4.69, 9.17) is 10.2 Å². The lowest BCUT2D eigenvalue weighted by Gasteiger charge is -2.27. The van der Waals surface area contributed by atoms with E-state index in [0.717, 1.165) is 29.2 Å². The average molecular weight is 272 g/mol. The molecule has 1 atom stereocenters. The Morgan fingerprint density at radius 1 is 1.30 bits per heavy atom. The van der Waals surface area contributed by atoms with E-state index < -0.39 is 0 Å². The van der Waals surface area contributed by atoms with Crippen LogP contribution in [0.25, 0.3) is 11.0 Å². The molecule has 1 unspecified atom stereocenters. The minimum absolute atomic E-state index is 0.183. The molecule has 1 fully saturated rings. The van der Waals surface area contributed by atoms with Crippen molar-refractivity contribution in [2.24, 2.45) is 11.7 Å². The van der Waals surface area contributed by atoms with E-state index in [1.54, 1.807) is 0 Å². The second kappa shape index (κ2) is 5.98. The normalized spacial score (nSPS) is 18.1. The number of likely N-dealkylation sites (N-methyl/N-ethyl adjacent to an activating group) is 1. The fraction of sp³-hybridized carbons (Fsp3) is 0.529. The fourth-order valence-corrected chi connectivity index (χ4v) is 3.41. The van der Waals surface area contributed by atoms with Crippen molar-refractivity contribution in [2.75, 3.05) is 20.1 Å². The first-order chi connectivity index (χ1) is 9.78. The summed E-state index contributed by atoms with van der Waals surface area (Å²) in [5.41, 5.74) is 6.95. The highest BCUT2D eigenvalue weighted by Crippen LogP contribution is 2.30. The first kappa shape index (κ1) is 13.7. The van der Waals surface area contributed by atoms with Gasteiger partial charge in [-0.1, -0.05) is 31.0 Å². The predicted molar refractivity (Wildman–Crippen MR) is 82.6 cm³/mol. The maximum atomic E-state index is 6.00. The number of rotatable bonds is 5. The minimum atomic E-state index is 0.183.